The van der Waals surface area contributed by atoms with Crippen LogP contribution in [0.25, 0.3) is 0 Å². The first kappa shape index (κ1) is 22.7. The fourth-order valence-electron chi connectivity index (χ4n) is 7.07. The van der Waals surface area contributed by atoms with Crippen LogP contribution in [0, 0.1) is 5.92 Å². The van der Waals surface area contributed by atoms with Gasteiger partial charge in [0.1, 0.15) is 36.6 Å². The van der Waals surface area contributed by atoms with Gasteiger partial charge in [-0.15, -0.1) is 0 Å². The molecule has 0 bridgehead atoms. The summed E-state index contributed by atoms with van der Waals surface area (Å²) in [6.07, 6.45) is 2.94. The highest BCUT2D eigenvalue weighted by atomic mass is 16.6. The molecular weight excluding hydrogens is 714 g/mol. The largest absolute Gasteiger partial charge is 0.394 e. The van der Waals surface area contributed by atoms with Gasteiger partial charge in [-0.25, -0.2) is 0 Å². The summed E-state index contributed by atoms with van der Waals surface area (Å²) in [5.74, 6) is -1.41. The van der Waals surface area contributed by atoms with Crippen LogP contribution in [0.5, 0.6) is 0 Å². The fourth-order valence-corrected chi connectivity index (χ4v) is 7.07. The van der Waals surface area contributed by atoms with Crippen molar-refractivity contribution in [3.05, 3.63) is 36.8 Å². The van der Waals surface area contributed by atoms with Gasteiger partial charge in [-0.1, -0.05) is 20.8 Å². The Bertz CT molecular complexity index is 1410. The van der Waals surface area contributed by atoms with E-state index < -0.39 is 55.1 Å². The summed E-state index contributed by atoms with van der Waals surface area (Å²) in [5, 5.41) is 28.9. The van der Waals surface area contributed by atoms with E-state index in [1.165, 1.54) is 65.7 Å². The predicted octanol–water partition coefficient (Wildman–Crippen LogP) is 4.71. The predicted molar refractivity (Wildman–Crippen MR) is 231 cm³/mol. The summed E-state index contributed by atoms with van der Waals surface area (Å²) in [7, 11) is 4.47. The second-order valence-electron chi connectivity index (χ2n) is 13.4. The highest BCUT2D eigenvalue weighted by Crippen LogP contribution is 2.34. The maximum Gasteiger partial charge on any atom is 0.236 e. The van der Waals surface area contributed by atoms with Gasteiger partial charge in [0, 0.05) is 108 Å². The number of carbonyl (C=O) groups is 6. The van der Waals surface area contributed by atoms with E-state index in [4.69, 9.17) is 92.9 Å². The Balaban J connectivity index is -0.0000000427. The number of hydrogen-bond donors (Lipinski definition) is 3. The quantitative estimate of drug-likeness (QED) is 0.267. The second-order valence-corrected chi connectivity index (χ2v) is 13.4. The molecule has 0 spiro atoms. The molecule has 6 rings (SSSR count). The Morgan fingerprint density at radius 1 is 0.630 bits per heavy atom. The van der Waals surface area contributed by atoms with Crippen molar-refractivity contribution in [1.82, 2.24) is 14.7 Å². The van der Waals surface area contributed by atoms with Crippen molar-refractivity contribution in [2.75, 3.05) is 27.9 Å². The number of methoxy groups -OCH3 is 3. The summed E-state index contributed by atoms with van der Waals surface area (Å²) >= 11 is 0. The first-order valence-electron chi connectivity index (χ1n) is 37.8. The smallest absolute Gasteiger partial charge is 0.236 e. The van der Waals surface area contributed by atoms with Crippen LogP contribution in [0.1, 0.15) is 115 Å². The SMILES string of the molecule is CC[C@H]1O[C@@H](N2C=CC(=O)CC2=O)[C@H](OC)[C@@H]1C.CC[C@H]1O[C@@H](N2C=CC(=O)CC2=O)[C@H](OC)[C@@H]1O.CO[C@@H]1[C@H](O)[C@@H](CO)O[C@H]1N1C=CC(=O)CC1=O.[2HH].[2HH].[2H][2H].[2H][2H].[2H][2H].[2H][2H].[2H][2H].[2H][2H].[2H][2H].[2H][2H].[2H][2H].[2H][2H].[2H][2H].[2H][2H].[2H][2H].[2H][2H].[2H][2H].[2H][2H].[2H][2H].[2H][2H].[2H][2H].[2H][2H]. The molecule has 344 valence electrons. The first-order chi connectivity index (χ1) is 45.7. The number of aliphatic hydroxyl groups is 3. The molecule has 18 nitrogen and oxygen atoms in total. The molecular formula is C36H95N3O15. The number of aliphatic hydroxyl groups excluding tert-OH is 3. The van der Waals surface area contributed by atoms with Crippen molar-refractivity contribution >= 4 is 35.1 Å². The van der Waals surface area contributed by atoms with Crippen molar-refractivity contribution in [3.63, 3.8) is 0 Å². The van der Waals surface area contributed by atoms with Gasteiger partial charge in [-0.3, -0.25) is 43.5 Å². The molecule has 3 N–H and O–H groups in total. The van der Waals surface area contributed by atoms with Gasteiger partial charge in [0.2, 0.25) is 17.7 Å². The number of rotatable bonds is 9. The van der Waals surface area contributed by atoms with Gasteiger partial charge in [-0.2, -0.15) is 0 Å². The van der Waals surface area contributed by atoms with Crippen LogP contribution in [-0.4, -0.2) is 161 Å². The molecule has 18 heteroatoms. The van der Waals surface area contributed by atoms with Crippen LogP contribution in [-0.2, 0) is 57.2 Å². The normalized spacial score (nSPS) is 39.5. The van der Waals surface area contributed by atoms with Crippen LogP contribution in [0.15, 0.2) is 36.8 Å². The molecule has 54 heavy (non-hydrogen) atoms. The Labute approximate surface area is 377 Å². The number of hydrogen-bond acceptors (Lipinski definition) is 15. The monoisotopic (exact) mass is 852 g/mol. The molecule has 0 saturated carbocycles. The summed E-state index contributed by atoms with van der Waals surface area (Å²) in [6.45, 7) is 5.63. The van der Waals surface area contributed by atoms with E-state index in [0.717, 1.165) is 6.42 Å². The maximum atomic E-state index is 11.9. The van der Waals surface area contributed by atoms with Crippen molar-refractivity contribution < 1.29 is 135 Å². The first-order valence-corrected chi connectivity index (χ1v) is 17.8. The lowest BCUT2D eigenvalue weighted by molar-refractivity contribution is -0.150. The number of ether oxygens (including phenoxy) is 6. The zero-order valence-electron chi connectivity index (χ0n) is 71.2. The Kier molecular flexibility index (Phi) is 8.10. The summed E-state index contributed by atoms with van der Waals surface area (Å²) in [6, 6.07) is 0. The molecule has 6 aliphatic heterocycles. The second kappa shape index (κ2) is 19.2. The van der Waals surface area contributed by atoms with Gasteiger partial charge in [-0.05, 0) is 31.1 Å². The third kappa shape index (κ3) is 9.38. The van der Waals surface area contributed by atoms with Gasteiger partial charge in [0.25, 0.3) is 0 Å². The molecule has 0 radical (unpaired) electrons. The lowest BCUT2D eigenvalue weighted by Gasteiger charge is -2.30. The summed E-state index contributed by atoms with van der Waals surface area (Å²) in [4.78, 5) is 72.8. The Morgan fingerprint density at radius 3 is 1.30 bits per heavy atom. The van der Waals surface area contributed by atoms with Crippen LogP contribution < -0.4 is 0 Å². The lowest BCUT2D eigenvalue weighted by atomic mass is 9.98. The van der Waals surface area contributed by atoms with Crippen molar-refractivity contribution in [1.29, 1.82) is 0 Å². The Morgan fingerprint density at radius 2 is 0.963 bits per heavy atom. The number of ketones is 3. The lowest BCUT2D eigenvalue weighted by Crippen LogP contribution is -2.47. The molecule has 3 amide bonds. The minimum absolute atomic E-state index is 0. The van der Waals surface area contributed by atoms with E-state index in [1.807, 2.05) is 13.8 Å². The third-order valence-electron chi connectivity index (χ3n) is 10.1. The topological polar surface area (TPSA) is 228 Å². The van der Waals surface area contributed by atoms with Crippen LogP contribution in [0.3, 0.4) is 0 Å². The van der Waals surface area contributed by atoms with Gasteiger partial charge < -0.3 is 43.7 Å². The zero-order chi connectivity index (χ0) is 79.9. The number of nitrogens with zero attached hydrogens (tertiary/aromatic N) is 3. The van der Waals surface area contributed by atoms with Crippen LogP contribution in [0.4, 0.5) is 0 Å². The van der Waals surface area contributed by atoms with Crippen LogP contribution >= 0.6 is 0 Å². The van der Waals surface area contributed by atoms with Crippen molar-refractivity contribution in [2.24, 2.45) is 5.92 Å². The van der Waals surface area contributed by atoms with E-state index in [-0.39, 0.29) is 82.1 Å². The number of allylic oxidation sites excluding steroid dienone is 3. The highest BCUT2D eigenvalue weighted by molar-refractivity contribution is 6.07. The maximum absolute atomic E-state index is 11.9. The van der Waals surface area contributed by atoms with Crippen LogP contribution in [0.2, 0.25) is 0 Å². The molecule has 0 unspecified atom stereocenters. The Hall–Kier alpha value is -3.72. The summed E-state index contributed by atoms with van der Waals surface area (Å²) in [5.41, 5.74) is 0. The minimum Gasteiger partial charge on any atom is -0.394 e. The third-order valence-corrected chi connectivity index (χ3v) is 10.1. The number of amides is 3. The minimum atomic E-state index is -1.02. The average molecular weight is 852 g/mol. The molecule has 6 heterocycles. The molecule has 0 aromatic carbocycles. The van der Waals surface area contributed by atoms with E-state index in [1.54, 1.807) is 7.11 Å². The molecule has 3 fully saturated rings. The average Bonchev–Trinajstić information content (AvgIpc) is 1.69. The van der Waals surface area contributed by atoms with Crippen molar-refractivity contribution in [3.8, 4) is 0 Å². The van der Waals surface area contributed by atoms with E-state index in [9.17, 15) is 39.0 Å². The van der Waals surface area contributed by atoms with E-state index >= 15 is 0 Å². The number of carbonyl (C=O) groups excluding carboxylic acids is 6. The van der Waals surface area contributed by atoms with Gasteiger partial charge in [0.05, 0.1) is 38.1 Å². The van der Waals surface area contributed by atoms with E-state index in [2.05, 4.69) is 6.92 Å². The van der Waals surface area contributed by atoms with Gasteiger partial charge >= 0.3 is 0 Å². The summed E-state index contributed by atoms with van der Waals surface area (Å²) < 4.78 is 233. The molecule has 12 atom stereocenters. The van der Waals surface area contributed by atoms with Crippen molar-refractivity contribution in [2.45, 2.75) is 120 Å². The molecule has 6 aliphatic rings. The standard InChI is InChI=1S/C13H19NO4.C12H17NO5.C11H15NO6.22H2/c1-4-10-8(2)12(17-3)13(18-10)14-6-5-9(15)7-11(14)16;1-3-8-10(16)11(17-2)12(18-8)13-5-4-7(14)6-9(13)15;1-17-10-9(16)7(5-13)18-11(10)12-3-2-6(14)4-8(12)15;;;;;;;;;;;;;;;;;;;;;;/h5-6,8,10,12-13H,4,7H2,1-3H3;4-5,8,10-12,16H,3,6H2,1-2H3;2-3,7,9-11,13,16H,4-5H2,1H3;22*1H/t8-,10-,12-,13-;8-,10-,11-,12-;7-,9-,10-,11-;;;;;;;;;;;;;;;;;;;;;;/m111....................../s1/i;;;20*1+1D;2*1+1. The molecule has 0 aliphatic carbocycles. The molecule has 0 aromatic rings. The highest BCUT2D eigenvalue weighted by Gasteiger charge is 2.49. The molecule has 3 saturated heterocycles. The van der Waals surface area contributed by atoms with E-state index in [0.29, 0.717) is 6.42 Å². The fraction of sp³-hybridized carbons (Fsp3) is 0.667. The molecule has 0 aromatic heterocycles. The van der Waals surface area contributed by atoms with Gasteiger partial charge in [0.15, 0.2) is 36.0 Å². The zero-order valence-corrected chi connectivity index (χ0v) is 31.2.